The van der Waals surface area contributed by atoms with Gasteiger partial charge in [-0.2, -0.15) is 0 Å². The highest BCUT2D eigenvalue weighted by Crippen LogP contribution is 2.36. The number of ether oxygens (including phenoxy) is 2. The Balaban J connectivity index is 3.01. The average Bonchev–Trinajstić information content (AvgIpc) is 2.30. The van der Waals surface area contributed by atoms with E-state index in [4.69, 9.17) is 9.47 Å². The van der Waals surface area contributed by atoms with Gasteiger partial charge in [-0.3, -0.25) is 4.79 Å². The summed E-state index contributed by atoms with van der Waals surface area (Å²) < 4.78 is 11.4. The molecule has 3 nitrogen and oxygen atoms in total. The van der Waals surface area contributed by atoms with E-state index in [-0.39, 0.29) is 0 Å². The molecule has 0 amide bonds. The van der Waals surface area contributed by atoms with Crippen LogP contribution in [0, 0.1) is 0 Å². The summed E-state index contributed by atoms with van der Waals surface area (Å²) in [4.78, 5) is 10.7. The first-order valence-corrected chi connectivity index (χ1v) is 5.59. The molecule has 86 valence electrons. The van der Waals surface area contributed by atoms with E-state index in [0.29, 0.717) is 28.1 Å². The van der Waals surface area contributed by atoms with Crippen LogP contribution in [0.3, 0.4) is 0 Å². The zero-order valence-corrected chi connectivity index (χ0v) is 10.8. The number of allylic oxidation sites excluding steroid dienone is 1. The van der Waals surface area contributed by atoms with Gasteiger partial charge in [0.15, 0.2) is 11.5 Å². The number of hydrogen-bond donors (Lipinski definition) is 0. The number of rotatable bonds is 5. The quantitative estimate of drug-likeness (QED) is 0.615. The molecule has 0 aromatic heterocycles. The Bertz CT molecular complexity index is 399. The predicted molar refractivity (Wildman–Crippen MR) is 66.4 cm³/mol. The topological polar surface area (TPSA) is 35.5 Å². The van der Waals surface area contributed by atoms with Crippen LogP contribution in [0.1, 0.15) is 17.3 Å². The van der Waals surface area contributed by atoms with Crippen LogP contribution in [0.15, 0.2) is 28.8 Å². The molecular weight excluding hydrogens is 272 g/mol. The zero-order valence-electron chi connectivity index (χ0n) is 9.20. The molecule has 0 aliphatic rings. The van der Waals surface area contributed by atoms with Crippen molar-refractivity contribution in [3.05, 3.63) is 34.3 Å². The molecule has 0 fully saturated rings. The van der Waals surface area contributed by atoms with E-state index in [1.54, 1.807) is 19.2 Å². The van der Waals surface area contributed by atoms with Crippen molar-refractivity contribution in [2.75, 3.05) is 13.7 Å². The second-order valence-corrected chi connectivity index (χ2v) is 3.89. The fourth-order valence-electron chi connectivity index (χ4n) is 1.18. The summed E-state index contributed by atoms with van der Waals surface area (Å²) >= 11 is 3.34. The van der Waals surface area contributed by atoms with Gasteiger partial charge in [-0.1, -0.05) is 12.2 Å². The third-order valence-electron chi connectivity index (χ3n) is 1.95. The van der Waals surface area contributed by atoms with Crippen molar-refractivity contribution in [3.63, 3.8) is 0 Å². The molecule has 0 radical (unpaired) electrons. The van der Waals surface area contributed by atoms with Crippen molar-refractivity contribution in [1.29, 1.82) is 0 Å². The summed E-state index contributed by atoms with van der Waals surface area (Å²) in [6.07, 6.45) is 4.56. The number of methoxy groups -OCH3 is 1. The molecule has 1 aromatic carbocycles. The minimum absolute atomic E-state index is 0.464. The van der Waals surface area contributed by atoms with Crippen molar-refractivity contribution in [3.8, 4) is 11.5 Å². The highest BCUT2D eigenvalue weighted by molar-refractivity contribution is 9.10. The first-order valence-electron chi connectivity index (χ1n) is 4.79. The molecular formula is C12H13BrO3. The van der Waals surface area contributed by atoms with E-state index in [1.807, 2.05) is 19.1 Å². The van der Waals surface area contributed by atoms with Gasteiger partial charge in [0.25, 0.3) is 0 Å². The molecule has 0 unspecified atom stereocenters. The van der Waals surface area contributed by atoms with Crippen LogP contribution in [0.25, 0.3) is 0 Å². The van der Waals surface area contributed by atoms with E-state index in [0.717, 1.165) is 6.29 Å². The van der Waals surface area contributed by atoms with Gasteiger partial charge in [0, 0.05) is 5.56 Å². The van der Waals surface area contributed by atoms with Gasteiger partial charge in [-0.15, -0.1) is 0 Å². The first kappa shape index (κ1) is 12.8. The number of aldehydes is 1. The molecule has 0 bridgehead atoms. The number of hydrogen-bond acceptors (Lipinski definition) is 3. The molecule has 16 heavy (non-hydrogen) atoms. The molecule has 4 heteroatoms. The third kappa shape index (κ3) is 3.10. The van der Waals surface area contributed by atoms with E-state index < -0.39 is 0 Å². The van der Waals surface area contributed by atoms with Gasteiger partial charge < -0.3 is 9.47 Å². The Morgan fingerprint density at radius 2 is 2.19 bits per heavy atom. The second-order valence-electron chi connectivity index (χ2n) is 3.03. The van der Waals surface area contributed by atoms with Gasteiger partial charge in [-0.05, 0) is 35.0 Å². The molecule has 0 N–H and O–H groups in total. The second kappa shape index (κ2) is 6.33. The lowest BCUT2D eigenvalue weighted by Crippen LogP contribution is -1.98. The molecule has 0 saturated carbocycles. The monoisotopic (exact) mass is 284 g/mol. The summed E-state index contributed by atoms with van der Waals surface area (Å²) in [7, 11) is 1.54. The summed E-state index contributed by atoms with van der Waals surface area (Å²) in [5.41, 5.74) is 0.544. The molecule has 0 heterocycles. The molecule has 0 spiro atoms. The number of carbonyl (C=O) groups is 1. The Morgan fingerprint density at radius 1 is 1.44 bits per heavy atom. The molecule has 1 aromatic rings. The van der Waals surface area contributed by atoms with Gasteiger partial charge >= 0.3 is 0 Å². The summed E-state index contributed by atoms with van der Waals surface area (Å²) in [5.74, 6) is 1.15. The minimum Gasteiger partial charge on any atom is -0.493 e. The van der Waals surface area contributed by atoms with Crippen molar-refractivity contribution in [2.24, 2.45) is 0 Å². The standard InChI is InChI=1S/C12H13BrO3/c1-3-4-5-16-12-10(13)6-9(8-14)7-11(12)15-2/h3-4,6-8H,5H2,1-2H3/b4-3+. The predicted octanol–water partition coefficient (Wildman–Crippen LogP) is 3.23. The lowest BCUT2D eigenvalue weighted by Gasteiger charge is -2.11. The van der Waals surface area contributed by atoms with Gasteiger partial charge in [-0.25, -0.2) is 0 Å². The molecule has 0 aliphatic carbocycles. The SMILES string of the molecule is C/C=C/COc1c(Br)cc(C=O)cc1OC. The molecule has 0 atom stereocenters. The Kier molecular flexibility index (Phi) is 5.05. The number of benzene rings is 1. The largest absolute Gasteiger partial charge is 0.493 e. The van der Waals surface area contributed by atoms with Gasteiger partial charge in [0.05, 0.1) is 11.6 Å². The normalized spacial score (nSPS) is 10.4. The van der Waals surface area contributed by atoms with Crippen LogP contribution < -0.4 is 9.47 Å². The van der Waals surface area contributed by atoms with Crippen LogP contribution in [-0.4, -0.2) is 20.0 Å². The smallest absolute Gasteiger partial charge is 0.175 e. The van der Waals surface area contributed by atoms with Crippen molar-refractivity contribution in [2.45, 2.75) is 6.92 Å². The van der Waals surface area contributed by atoms with Crippen molar-refractivity contribution in [1.82, 2.24) is 0 Å². The fourth-order valence-corrected chi connectivity index (χ4v) is 1.75. The number of halogens is 1. The van der Waals surface area contributed by atoms with Crippen LogP contribution in [0.2, 0.25) is 0 Å². The van der Waals surface area contributed by atoms with Crippen LogP contribution in [-0.2, 0) is 0 Å². The average molecular weight is 285 g/mol. The maximum atomic E-state index is 10.7. The van der Waals surface area contributed by atoms with Crippen molar-refractivity contribution < 1.29 is 14.3 Å². The minimum atomic E-state index is 0.464. The molecule has 1 rings (SSSR count). The van der Waals surface area contributed by atoms with Gasteiger partial charge in [0.2, 0.25) is 0 Å². The Morgan fingerprint density at radius 3 is 2.75 bits per heavy atom. The fraction of sp³-hybridized carbons (Fsp3) is 0.250. The summed E-state index contributed by atoms with van der Waals surface area (Å²) in [5, 5.41) is 0. The lowest BCUT2D eigenvalue weighted by atomic mass is 10.2. The highest BCUT2D eigenvalue weighted by atomic mass is 79.9. The van der Waals surface area contributed by atoms with Crippen LogP contribution in [0.5, 0.6) is 11.5 Å². The van der Waals surface area contributed by atoms with Crippen LogP contribution >= 0.6 is 15.9 Å². The maximum absolute atomic E-state index is 10.7. The zero-order chi connectivity index (χ0) is 12.0. The first-order chi connectivity index (χ1) is 7.72. The van der Waals surface area contributed by atoms with Crippen LogP contribution in [0.4, 0.5) is 0 Å². The van der Waals surface area contributed by atoms with E-state index in [2.05, 4.69) is 15.9 Å². The Labute approximate surface area is 103 Å². The van der Waals surface area contributed by atoms with E-state index in [9.17, 15) is 4.79 Å². The number of carbonyl (C=O) groups excluding carboxylic acids is 1. The van der Waals surface area contributed by atoms with E-state index in [1.165, 1.54) is 0 Å². The lowest BCUT2D eigenvalue weighted by molar-refractivity contribution is 0.112. The highest BCUT2D eigenvalue weighted by Gasteiger charge is 2.10. The molecule has 0 aliphatic heterocycles. The maximum Gasteiger partial charge on any atom is 0.175 e. The third-order valence-corrected chi connectivity index (χ3v) is 2.54. The Hall–Kier alpha value is -1.29. The van der Waals surface area contributed by atoms with E-state index >= 15 is 0 Å². The van der Waals surface area contributed by atoms with Gasteiger partial charge in [0.1, 0.15) is 12.9 Å². The molecule has 0 saturated heterocycles. The summed E-state index contributed by atoms with van der Waals surface area (Å²) in [6, 6.07) is 3.34. The summed E-state index contributed by atoms with van der Waals surface area (Å²) in [6.45, 7) is 2.39. The van der Waals surface area contributed by atoms with Crippen molar-refractivity contribution >= 4 is 22.2 Å².